The molecule has 4 nitrogen and oxygen atoms in total. The predicted molar refractivity (Wildman–Crippen MR) is 214 cm³/mol. The first-order chi connectivity index (χ1) is 25.3. The van der Waals surface area contributed by atoms with Gasteiger partial charge in [-0.15, -0.1) is 11.3 Å². The molecular weight excluding hydrogens is 683 g/mol. The van der Waals surface area contributed by atoms with Crippen LogP contribution in [0, 0.1) is 0 Å². The van der Waals surface area contributed by atoms with Crippen molar-refractivity contribution in [3.05, 3.63) is 140 Å². The van der Waals surface area contributed by atoms with Gasteiger partial charge < -0.3 is 4.42 Å². The number of hydrogen-bond acceptors (Lipinski definition) is 6. The third-order valence-corrected chi connectivity index (χ3v) is 13.9. The second kappa shape index (κ2) is 10.5. The molecule has 0 aliphatic carbocycles. The monoisotopic (exact) mass is 705 g/mol. The van der Waals surface area contributed by atoms with E-state index in [1.807, 2.05) is 35.2 Å². The molecule has 0 saturated carbocycles. The van der Waals surface area contributed by atoms with Gasteiger partial charge in [0.15, 0.2) is 17.2 Å². The van der Waals surface area contributed by atoms with E-state index >= 15 is 0 Å². The molecule has 7 heteroatoms. The second-order valence-corrected chi connectivity index (χ2v) is 16.0. The number of furan rings is 1. The number of thiophene rings is 1. The average Bonchev–Trinajstić information content (AvgIpc) is 3.87. The van der Waals surface area contributed by atoms with Gasteiger partial charge in [-0.25, -0.2) is 9.97 Å². The van der Waals surface area contributed by atoms with E-state index in [4.69, 9.17) is 14.4 Å². The molecule has 0 bridgehead atoms. The molecule has 4 aromatic heterocycles. The van der Waals surface area contributed by atoms with E-state index < -0.39 is 0 Å². The molecule has 0 unspecified atom stereocenters. The molecule has 51 heavy (non-hydrogen) atoms. The standard InChI is InChI=1S/C44H23N3OS3/c1-2-13-25-24(12-1)36-28-16-5-8-20-32(28)50-42(36)37-26-14-3-6-18-30(26)47(39(25)37)44-40-38(27-15-4-7-19-31(27)48-40)45-43(46-44)29-17-11-23-35-41(29)51-34-22-10-9-21-33(34)49-35/h1-23H. The number of rotatable bonds is 2. The van der Waals surface area contributed by atoms with Crippen molar-refractivity contribution in [2.75, 3.05) is 0 Å². The Labute approximate surface area is 303 Å². The summed E-state index contributed by atoms with van der Waals surface area (Å²) >= 11 is 5.48. The molecule has 0 fully saturated rings. The van der Waals surface area contributed by atoms with Crippen molar-refractivity contribution in [1.29, 1.82) is 0 Å². The van der Waals surface area contributed by atoms with Crippen molar-refractivity contribution >= 4 is 110 Å². The van der Waals surface area contributed by atoms with Crippen molar-refractivity contribution in [2.24, 2.45) is 0 Å². The Hall–Kier alpha value is -5.60. The van der Waals surface area contributed by atoms with Crippen molar-refractivity contribution < 1.29 is 4.42 Å². The van der Waals surface area contributed by atoms with Crippen LogP contribution in [0.25, 0.3) is 92.0 Å². The van der Waals surface area contributed by atoms with Gasteiger partial charge >= 0.3 is 0 Å². The molecule has 0 radical (unpaired) electrons. The van der Waals surface area contributed by atoms with E-state index in [2.05, 4.69) is 132 Å². The van der Waals surface area contributed by atoms with Crippen molar-refractivity contribution in [2.45, 2.75) is 19.6 Å². The predicted octanol–water partition coefficient (Wildman–Crippen LogP) is 13.3. The Morgan fingerprint density at radius 2 is 1.22 bits per heavy atom. The molecule has 11 aromatic rings. The Bertz CT molecular complexity index is 3280. The van der Waals surface area contributed by atoms with Gasteiger partial charge in [0.05, 0.1) is 11.0 Å². The van der Waals surface area contributed by atoms with Gasteiger partial charge in [0.2, 0.25) is 0 Å². The SMILES string of the molecule is c1ccc2c(c1)Sc1cccc(-c3nc(-n4c5ccccc5c5c6sc7ccccc7c6c6ccccc6c54)c4oc5ccccc5c4n3)c1S2. The Morgan fingerprint density at radius 3 is 2.10 bits per heavy atom. The quantitative estimate of drug-likeness (QED) is 0.179. The minimum absolute atomic E-state index is 0.681. The maximum Gasteiger partial charge on any atom is 0.197 e. The Balaban J connectivity index is 1.25. The van der Waals surface area contributed by atoms with E-state index in [0.29, 0.717) is 11.4 Å². The van der Waals surface area contributed by atoms with Crippen LogP contribution in [0.5, 0.6) is 0 Å². The van der Waals surface area contributed by atoms with Crippen LogP contribution in [0.4, 0.5) is 0 Å². The van der Waals surface area contributed by atoms with Crippen LogP contribution in [0.1, 0.15) is 0 Å². The van der Waals surface area contributed by atoms with Crippen LogP contribution in [-0.2, 0) is 0 Å². The Kier molecular flexibility index (Phi) is 5.77. The molecule has 5 heterocycles. The fourth-order valence-corrected chi connectivity index (χ4v) is 11.6. The third-order valence-electron chi connectivity index (χ3n) is 10.1. The lowest BCUT2D eigenvalue weighted by atomic mass is 10.00. The fourth-order valence-electron chi connectivity index (χ4n) is 7.91. The molecular formula is C44H23N3OS3. The van der Waals surface area contributed by atoms with Crippen LogP contribution >= 0.6 is 34.9 Å². The smallest absolute Gasteiger partial charge is 0.197 e. The zero-order chi connectivity index (χ0) is 33.2. The highest BCUT2D eigenvalue weighted by Crippen LogP contribution is 2.52. The summed E-state index contributed by atoms with van der Waals surface area (Å²) in [5.41, 5.74) is 5.53. The maximum absolute atomic E-state index is 6.75. The summed E-state index contributed by atoms with van der Waals surface area (Å²) < 4.78 is 11.7. The first-order valence-corrected chi connectivity index (χ1v) is 19.3. The van der Waals surface area contributed by atoms with E-state index in [0.717, 1.165) is 38.9 Å². The normalized spacial score (nSPS) is 12.9. The van der Waals surface area contributed by atoms with Crippen LogP contribution in [0.2, 0.25) is 0 Å². The summed E-state index contributed by atoms with van der Waals surface area (Å²) in [5.74, 6) is 1.43. The third kappa shape index (κ3) is 3.88. The highest BCUT2D eigenvalue weighted by Gasteiger charge is 2.27. The molecule has 12 rings (SSSR count). The van der Waals surface area contributed by atoms with Gasteiger partial charge in [0.25, 0.3) is 0 Å². The summed E-state index contributed by atoms with van der Waals surface area (Å²) in [6.45, 7) is 0. The number of para-hydroxylation sites is 2. The molecule has 0 N–H and O–H groups in total. The minimum Gasteiger partial charge on any atom is -0.450 e. The molecule has 0 atom stereocenters. The molecule has 7 aromatic carbocycles. The highest BCUT2D eigenvalue weighted by molar-refractivity contribution is 8.05. The minimum atomic E-state index is 0.681. The lowest BCUT2D eigenvalue weighted by molar-refractivity contribution is 0.662. The summed E-state index contributed by atoms with van der Waals surface area (Å²) in [5, 5.41) is 8.44. The van der Waals surface area contributed by atoms with Crippen LogP contribution in [-0.4, -0.2) is 14.5 Å². The van der Waals surface area contributed by atoms with Gasteiger partial charge in [0.1, 0.15) is 11.1 Å². The molecule has 1 aliphatic rings. The topological polar surface area (TPSA) is 43.9 Å². The lowest BCUT2D eigenvalue weighted by Gasteiger charge is -2.20. The number of nitrogens with zero attached hydrogens (tertiary/aromatic N) is 3. The summed E-state index contributed by atoms with van der Waals surface area (Å²) in [6.07, 6.45) is 0. The first-order valence-electron chi connectivity index (χ1n) is 16.8. The van der Waals surface area contributed by atoms with E-state index in [9.17, 15) is 0 Å². The lowest BCUT2D eigenvalue weighted by Crippen LogP contribution is -2.03. The molecule has 0 spiro atoms. The largest absolute Gasteiger partial charge is 0.450 e. The number of benzene rings is 7. The van der Waals surface area contributed by atoms with Crippen LogP contribution in [0.3, 0.4) is 0 Å². The molecule has 1 aliphatic heterocycles. The van der Waals surface area contributed by atoms with E-state index in [1.54, 1.807) is 11.8 Å². The Morgan fingerprint density at radius 1 is 0.529 bits per heavy atom. The average molecular weight is 706 g/mol. The van der Waals surface area contributed by atoms with E-state index in [-0.39, 0.29) is 0 Å². The number of fused-ring (bicyclic) bond motifs is 15. The molecule has 238 valence electrons. The van der Waals surface area contributed by atoms with Crippen LogP contribution in [0.15, 0.2) is 164 Å². The van der Waals surface area contributed by atoms with Gasteiger partial charge in [-0.05, 0) is 53.9 Å². The highest BCUT2D eigenvalue weighted by atomic mass is 32.2. The first kappa shape index (κ1) is 28.1. The van der Waals surface area contributed by atoms with E-state index in [1.165, 1.54) is 61.3 Å². The van der Waals surface area contributed by atoms with Crippen molar-refractivity contribution in [3.8, 4) is 17.2 Å². The summed E-state index contributed by atoms with van der Waals surface area (Å²) in [4.78, 5) is 15.8. The zero-order valence-corrected chi connectivity index (χ0v) is 29.2. The van der Waals surface area contributed by atoms with Gasteiger partial charge in [-0.2, -0.15) is 0 Å². The molecule has 0 saturated heterocycles. The second-order valence-electron chi connectivity index (χ2n) is 12.9. The number of hydrogen-bond donors (Lipinski definition) is 0. The van der Waals surface area contributed by atoms with Gasteiger partial charge in [0, 0.05) is 66.9 Å². The zero-order valence-electron chi connectivity index (χ0n) is 26.8. The van der Waals surface area contributed by atoms with Crippen molar-refractivity contribution in [3.63, 3.8) is 0 Å². The van der Waals surface area contributed by atoms with Crippen molar-refractivity contribution in [1.82, 2.24) is 14.5 Å². The fraction of sp³-hybridized carbons (Fsp3) is 0. The number of aromatic nitrogens is 3. The maximum atomic E-state index is 6.75. The summed E-state index contributed by atoms with van der Waals surface area (Å²) in [7, 11) is 0. The van der Waals surface area contributed by atoms with Gasteiger partial charge in [-0.3, -0.25) is 4.57 Å². The van der Waals surface area contributed by atoms with Crippen LogP contribution < -0.4 is 0 Å². The van der Waals surface area contributed by atoms with Gasteiger partial charge in [-0.1, -0.05) is 115 Å². The molecule has 0 amide bonds. The summed E-state index contributed by atoms with van der Waals surface area (Å²) in [6, 6.07) is 49.7.